The molecular formula is C27H28F2N6O5S. The van der Waals surface area contributed by atoms with E-state index in [1.807, 2.05) is 0 Å². The van der Waals surface area contributed by atoms with Gasteiger partial charge >= 0.3 is 0 Å². The number of nitrogens with zero attached hydrogens (tertiary/aromatic N) is 2. The molecule has 0 aliphatic heterocycles. The fourth-order valence-corrected chi connectivity index (χ4v) is 4.92. The zero-order valence-corrected chi connectivity index (χ0v) is 22.8. The summed E-state index contributed by atoms with van der Waals surface area (Å²) in [6.45, 7) is -0.382. The number of aromatic nitrogens is 2. The minimum absolute atomic E-state index is 0.0155. The molecule has 1 aliphatic carbocycles. The number of nitrogens with one attached hydrogen (secondary N) is 4. The van der Waals surface area contributed by atoms with Crippen LogP contribution >= 0.6 is 0 Å². The molecule has 14 heteroatoms. The summed E-state index contributed by atoms with van der Waals surface area (Å²) in [6.07, 6.45) is 3.37. The predicted octanol–water partition coefficient (Wildman–Crippen LogP) is 3.51. The van der Waals surface area contributed by atoms with Gasteiger partial charge in [0.05, 0.1) is 47.7 Å². The zero-order valence-electron chi connectivity index (χ0n) is 21.9. The first kappa shape index (κ1) is 28.4. The molecule has 5 N–H and O–H groups in total. The van der Waals surface area contributed by atoms with Crippen LogP contribution < -0.4 is 20.2 Å². The Hall–Kier alpha value is -4.11. The molecule has 4 aromatic rings. The number of aliphatic hydroxyl groups is 1. The minimum atomic E-state index is -3.73. The van der Waals surface area contributed by atoms with Crippen molar-refractivity contribution in [3.8, 4) is 0 Å². The molecule has 1 heterocycles. The minimum Gasteiger partial charge on any atom is -0.394 e. The number of hydrogen-bond acceptors (Lipinski definition) is 7. The average Bonchev–Trinajstić information content (AvgIpc) is 3.72. The second-order valence-corrected chi connectivity index (χ2v) is 11.1. The van der Waals surface area contributed by atoms with Gasteiger partial charge in [-0.1, -0.05) is 18.2 Å². The number of carbonyl (C=O) groups excluding carboxylic acids is 1. The van der Waals surface area contributed by atoms with Gasteiger partial charge in [-0.15, -0.1) is 0 Å². The van der Waals surface area contributed by atoms with Crippen molar-refractivity contribution in [2.24, 2.45) is 0 Å². The van der Waals surface area contributed by atoms with E-state index in [4.69, 9.17) is 9.94 Å². The molecular weight excluding hydrogens is 558 g/mol. The van der Waals surface area contributed by atoms with Gasteiger partial charge in [0.1, 0.15) is 11.3 Å². The van der Waals surface area contributed by atoms with Gasteiger partial charge in [-0.2, -0.15) is 8.42 Å². The molecule has 0 unspecified atom stereocenters. The molecule has 216 valence electrons. The lowest BCUT2D eigenvalue weighted by molar-refractivity contribution is 0.0169. The van der Waals surface area contributed by atoms with Crippen molar-refractivity contribution in [2.75, 3.05) is 30.3 Å². The van der Waals surface area contributed by atoms with Crippen LogP contribution in [0.25, 0.3) is 11.0 Å². The first-order valence-electron chi connectivity index (χ1n) is 12.8. The highest BCUT2D eigenvalue weighted by Gasteiger charge is 2.26. The number of halogens is 2. The molecule has 0 bridgehead atoms. The Morgan fingerprint density at radius 3 is 2.68 bits per heavy atom. The van der Waals surface area contributed by atoms with Crippen LogP contribution in [-0.2, 0) is 21.6 Å². The van der Waals surface area contributed by atoms with Crippen molar-refractivity contribution in [3.05, 3.63) is 83.2 Å². The van der Waals surface area contributed by atoms with E-state index in [1.54, 1.807) is 34.9 Å². The average molecular weight is 587 g/mol. The van der Waals surface area contributed by atoms with Crippen LogP contribution in [0.3, 0.4) is 0 Å². The molecule has 0 atom stereocenters. The van der Waals surface area contributed by atoms with Crippen LogP contribution in [0.2, 0.25) is 0 Å². The van der Waals surface area contributed by atoms with Crippen LogP contribution in [0.15, 0.2) is 54.9 Å². The lowest BCUT2D eigenvalue weighted by Gasteiger charge is -2.16. The predicted molar refractivity (Wildman–Crippen MR) is 149 cm³/mol. The zero-order chi connectivity index (χ0) is 29.1. The van der Waals surface area contributed by atoms with Crippen molar-refractivity contribution in [1.29, 1.82) is 0 Å². The Kier molecular flexibility index (Phi) is 8.17. The van der Waals surface area contributed by atoms with Gasteiger partial charge in [0.2, 0.25) is 0 Å². The molecule has 1 saturated carbocycles. The number of fused-ring (bicyclic) bond motifs is 1. The molecule has 1 amide bonds. The monoisotopic (exact) mass is 586 g/mol. The Morgan fingerprint density at radius 2 is 1.98 bits per heavy atom. The normalized spacial score (nSPS) is 13.4. The number of aliphatic hydroxyl groups excluding tert-OH is 1. The summed E-state index contributed by atoms with van der Waals surface area (Å²) in [6, 6.07) is 12.7. The number of benzene rings is 3. The second-order valence-electron chi connectivity index (χ2n) is 9.51. The summed E-state index contributed by atoms with van der Waals surface area (Å²) in [5, 5.41) is 11.7. The largest absolute Gasteiger partial charge is 0.394 e. The molecule has 0 radical (unpaired) electrons. The Labute approximate surface area is 234 Å². The third-order valence-corrected chi connectivity index (χ3v) is 7.60. The lowest BCUT2D eigenvalue weighted by atomic mass is 10.1. The van der Waals surface area contributed by atoms with Crippen LogP contribution in [-0.4, -0.2) is 49.2 Å². The van der Waals surface area contributed by atoms with E-state index < -0.39 is 27.8 Å². The van der Waals surface area contributed by atoms with Crippen molar-refractivity contribution in [2.45, 2.75) is 25.3 Å². The van der Waals surface area contributed by atoms with E-state index in [2.05, 4.69) is 25.2 Å². The standard InChI is InChI=1S/C27H28F2N6O5S/c1-30-41(38,39)34-19-4-2-3-16(11-19)14-35-15-31-26-23(35)13-20(27(37)33-40-10-9-36)25(24(26)29)32-22-8-7-18(12-21(22)28)17-5-6-17/h2-4,7-8,11-13,15,17,30,32,34,36H,5-6,9-10,14H2,1H3,(H,33,37). The van der Waals surface area contributed by atoms with Crippen molar-refractivity contribution in [1.82, 2.24) is 19.8 Å². The highest BCUT2D eigenvalue weighted by molar-refractivity contribution is 7.90. The van der Waals surface area contributed by atoms with Crippen LogP contribution in [0.5, 0.6) is 0 Å². The maximum atomic E-state index is 15.9. The van der Waals surface area contributed by atoms with Crippen LogP contribution in [0, 0.1) is 11.6 Å². The summed E-state index contributed by atoms with van der Waals surface area (Å²) in [7, 11) is -2.45. The first-order valence-corrected chi connectivity index (χ1v) is 14.2. The third-order valence-electron chi connectivity index (χ3n) is 6.56. The molecule has 1 fully saturated rings. The van der Waals surface area contributed by atoms with Crippen molar-refractivity contribution in [3.63, 3.8) is 0 Å². The maximum absolute atomic E-state index is 15.9. The number of rotatable bonds is 12. The number of hydrogen-bond donors (Lipinski definition) is 5. The van der Waals surface area contributed by atoms with E-state index >= 15 is 4.39 Å². The van der Waals surface area contributed by atoms with E-state index in [0.29, 0.717) is 17.2 Å². The molecule has 0 saturated heterocycles. The van der Waals surface area contributed by atoms with E-state index in [0.717, 1.165) is 18.4 Å². The van der Waals surface area contributed by atoms with Gasteiger partial charge < -0.3 is 15.0 Å². The van der Waals surface area contributed by atoms with Crippen molar-refractivity contribution >= 4 is 44.2 Å². The molecule has 1 aliphatic rings. The molecule has 11 nitrogen and oxygen atoms in total. The number of hydroxylamine groups is 1. The highest BCUT2D eigenvalue weighted by Crippen LogP contribution is 2.41. The van der Waals surface area contributed by atoms with Gasteiger partial charge in [-0.25, -0.2) is 24.0 Å². The highest BCUT2D eigenvalue weighted by atomic mass is 32.2. The smallest absolute Gasteiger partial charge is 0.298 e. The van der Waals surface area contributed by atoms with E-state index in [-0.39, 0.29) is 47.7 Å². The lowest BCUT2D eigenvalue weighted by Crippen LogP contribution is -2.26. The number of imidazole rings is 1. The second kappa shape index (κ2) is 11.8. The summed E-state index contributed by atoms with van der Waals surface area (Å²) >= 11 is 0. The molecule has 1 aromatic heterocycles. The van der Waals surface area contributed by atoms with Gasteiger partial charge in [0.25, 0.3) is 16.1 Å². The number of anilines is 3. The summed E-state index contributed by atoms with van der Waals surface area (Å²) in [5.41, 5.74) is 3.69. The topological polar surface area (TPSA) is 147 Å². The molecule has 0 spiro atoms. The van der Waals surface area contributed by atoms with E-state index in [1.165, 1.54) is 31.6 Å². The number of amides is 1. The summed E-state index contributed by atoms with van der Waals surface area (Å²) in [5.74, 6) is -1.97. The summed E-state index contributed by atoms with van der Waals surface area (Å²) in [4.78, 5) is 22.2. The Morgan fingerprint density at radius 1 is 1.17 bits per heavy atom. The fraction of sp³-hybridized carbons (Fsp3) is 0.259. The molecule has 3 aromatic carbocycles. The fourth-order valence-electron chi connectivity index (χ4n) is 4.38. The molecule has 5 rings (SSSR count). The van der Waals surface area contributed by atoms with Crippen LogP contribution in [0.4, 0.5) is 25.8 Å². The summed E-state index contributed by atoms with van der Waals surface area (Å²) < 4.78 is 60.8. The first-order chi connectivity index (χ1) is 19.7. The third kappa shape index (κ3) is 6.46. The van der Waals surface area contributed by atoms with Crippen LogP contribution in [0.1, 0.15) is 40.2 Å². The Balaban J connectivity index is 1.51. The number of carbonyl (C=O) groups is 1. The van der Waals surface area contributed by atoms with Gasteiger partial charge in [-0.3, -0.25) is 14.4 Å². The Bertz CT molecular complexity index is 1710. The maximum Gasteiger partial charge on any atom is 0.298 e. The van der Waals surface area contributed by atoms with Gasteiger partial charge in [0.15, 0.2) is 5.82 Å². The molecule has 41 heavy (non-hydrogen) atoms. The van der Waals surface area contributed by atoms with Gasteiger partial charge in [0, 0.05) is 13.6 Å². The van der Waals surface area contributed by atoms with Gasteiger partial charge in [-0.05, 0) is 60.2 Å². The van der Waals surface area contributed by atoms with Crippen molar-refractivity contribution < 1.29 is 31.9 Å². The quantitative estimate of drug-likeness (QED) is 0.126. The van der Waals surface area contributed by atoms with E-state index in [9.17, 15) is 17.6 Å². The SMILES string of the molecule is CNS(=O)(=O)Nc1cccc(Cn2cnc3c(F)c(Nc4ccc(C5CC5)cc4F)c(C(=O)NOCCO)cc32)c1.